The smallest absolute Gasteiger partial charge is 0.228 e. The topological polar surface area (TPSA) is 55.1 Å². The maximum Gasteiger partial charge on any atom is 0.228 e. The van der Waals surface area contributed by atoms with Crippen LogP contribution in [0.25, 0.3) is 0 Å². The highest BCUT2D eigenvalue weighted by atomic mass is 35.5. The normalized spacial score (nSPS) is 15.2. The summed E-state index contributed by atoms with van der Waals surface area (Å²) in [5.74, 6) is 0.0114. The number of amides is 1. The van der Waals surface area contributed by atoms with Gasteiger partial charge in [0.05, 0.1) is 21.1 Å². The number of fused-ring (bicyclic) bond motifs is 1. The fourth-order valence-corrected chi connectivity index (χ4v) is 3.74. The minimum atomic E-state index is -0.336. The first-order chi connectivity index (χ1) is 9.04. The summed E-state index contributed by atoms with van der Waals surface area (Å²) in [4.78, 5) is 11.3. The summed E-state index contributed by atoms with van der Waals surface area (Å²) in [6, 6.07) is 7.17. The van der Waals surface area contributed by atoms with Gasteiger partial charge >= 0.3 is 0 Å². The maximum atomic E-state index is 11.3. The molecule has 0 radical (unpaired) electrons. The average molecular weight is 313 g/mol. The van der Waals surface area contributed by atoms with E-state index in [9.17, 15) is 4.79 Å². The number of carbonyl (C=O) groups excluding carboxylic acids is 1. The van der Waals surface area contributed by atoms with Crippen LogP contribution in [0.3, 0.4) is 0 Å². The quantitative estimate of drug-likeness (QED) is 0.890. The summed E-state index contributed by atoms with van der Waals surface area (Å²) in [5.41, 5.74) is 9.78. The SMILES string of the molecule is NC(c1ccc2c(c1)CC(=O)N2)c1cc(Cl)sc1Cl. The van der Waals surface area contributed by atoms with E-state index in [2.05, 4.69) is 5.32 Å². The molecule has 1 unspecified atom stereocenters. The van der Waals surface area contributed by atoms with Gasteiger partial charge in [0.2, 0.25) is 5.91 Å². The molecule has 1 aliphatic rings. The van der Waals surface area contributed by atoms with Crippen LogP contribution < -0.4 is 11.1 Å². The van der Waals surface area contributed by atoms with Crippen molar-refractivity contribution in [3.63, 3.8) is 0 Å². The van der Waals surface area contributed by atoms with Crippen molar-refractivity contribution < 1.29 is 4.79 Å². The zero-order valence-corrected chi connectivity index (χ0v) is 12.1. The molecule has 1 aliphatic heterocycles. The Bertz CT molecular complexity index is 669. The van der Waals surface area contributed by atoms with Gasteiger partial charge in [-0.05, 0) is 23.3 Å². The van der Waals surface area contributed by atoms with Gasteiger partial charge in [-0.2, -0.15) is 0 Å². The number of halogens is 2. The lowest BCUT2D eigenvalue weighted by molar-refractivity contribution is -0.115. The molecule has 1 amide bonds. The Hall–Kier alpha value is -1.07. The van der Waals surface area contributed by atoms with Gasteiger partial charge in [0.15, 0.2) is 0 Å². The van der Waals surface area contributed by atoms with Gasteiger partial charge in [0.1, 0.15) is 0 Å². The second-order valence-electron chi connectivity index (χ2n) is 4.40. The Balaban J connectivity index is 1.97. The van der Waals surface area contributed by atoms with Crippen molar-refractivity contribution >= 4 is 46.1 Å². The predicted molar refractivity (Wildman–Crippen MR) is 79.1 cm³/mol. The molecule has 2 heterocycles. The summed E-state index contributed by atoms with van der Waals surface area (Å²) in [5, 5.41) is 2.79. The van der Waals surface area contributed by atoms with E-state index in [1.807, 2.05) is 18.2 Å². The third-order valence-electron chi connectivity index (χ3n) is 3.13. The molecule has 0 saturated carbocycles. The first-order valence-electron chi connectivity index (χ1n) is 5.67. The summed E-state index contributed by atoms with van der Waals surface area (Å²) in [6.07, 6.45) is 0.397. The van der Waals surface area contributed by atoms with E-state index in [1.165, 1.54) is 11.3 Å². The lowest BCUT2D eigenvalue weighted by Crippen LogP contribution is -2.11. The Morgan fingerprint density at radius 3 is 2.79 bits per heavy atom. The highest BCUT2D eigenvalue weighted by Crippen LogP contribution is 2.37. The number of carbonyl (C=O) groups is 1. The lowest BCUT2D eigenvalue weighted by atomic mass is 9.99. The van der Waals surface area contributed by atoms with Crippen LogP contribution in [0.15, 0.2) is 24.3 Å². The number of hydrogen-bond acceptors (Lipinski definition) is 3. The number of thiophene rings is 1. The van der Waals surface area contributed by atoms with Gasteiger partial charge in [-0.25, -0.2) is 0 Å². The van der Waals surface area contributed by atoms with Gasteiger partial charge < -0.3 is 11.1 Å². The van der Waals surface area contributed by atoms with Crippen molar-refractivity contribution in [1.29, 1.82) is 0 Å². The first kappa shape index (κ1) is 12.9. The molecule has 6 heteroatoms. The summed E-state index contributed by atoms with van der Waals surface area (Å²) < 4.78 is 1.22. The molecule has 0 saturated heterocycles. The van der Waals surface area contributed by atoms with Crippen molar-refractivity contribution in [1.82, 2.24) is 0 Å². The van der Waals surface area contributed by atoms with Crippen LogP contribution in [0.2, 0.25) is 8.67 Å². The molecule has 3 N–H and O–H groups in total. The summed E-state index contributed by atoms with van der Waals surface area (Å²) >= 11 is 13.4. The zero-order chi connectivity index (χ0) is 13.6. The molecule has 0 bridgehead atoms. The Labute approximate surface area is 124 Å². The van der Waals surface area contributed by atoms with Crippen molar-refractivity contribution in [3.05, 3.63) is 49.6 Å². The number of nitrogens with two attached hydrogens (primary N) is 1. The average Bonchev–Trinajstić information content (AvgIpc) is 2.88. The molecule has 3 nitrogen and oxygen atoms in total. The number of anilines is 1. The second-order valence-corrected chi connectivity index (χ2v) is 6.68. The van der Waals surface area contributed by atoms with Crippen molar-refractivity contribution in [2.24, 2.45) is 5.73 Å². The van der Waals surface area contributed by atoms with Gasteiger partial charge in [-0.15, -0.1) is 11.3 Å². The molecular weight excluding hydrogens is 303 g/mol. The molecule has 2 aromatic rings. The molecule has 0 aliphatic carbocycles. The Morgan fingerprint density at radius 1 is 1.32 bits per heavy atom. The first-order valence-corrected chi connectivity index (χ1v) is 7.25. The van der Waals surface area contributed by atoms with E-state index in [-0.39, 0.29) is 11.9 Å². The van der Waals surface area contributed by atoms with E-state index >= 15 is 0 Å². The molecule has 3 rings (SSSR count). The van der Waals surface area contributed by atoms with E-state index in [0.29, 0.717) is 15.1 Å². The van der Waals surface area contributed by atoms with Crippen LogP contribution in [-0.2, 0) is 11.2 Å². The third kappa shape index (κ3) is 2.37. The van der Waals surface area contributed by atoms with Crippen molar-refractivity contribution in [2.75, 3.05) is 5.32 Å². The van der Waals surface area contributed by atoms with Crippen LogP contribution in [0.4, 0.5) is 5.69 Å². The van der Waals surface area contributed by atoms with Crippen molar-refractivity contribution in [3.8, 4) is 0 Å². The highest BCUT2D eigenvalue weighted by molar-refractivity contribution is 7.20. The Morgan fingerprint density at radius 2 is 2.11 bits per heavy atom. The van der Waals surface area contributed by atoms with Crippen LogP contribution in [0.1, 0.15) is 22.7 Å². The number of benzene rings is 1. The Kier molecular flexibility index (Phi) is 3.27. The predicted octanol–water partition coefficient (Wildman–Crippen LogP) is 3.60. The summed E-state index contributed by atoms with van der Waals surface area (Å²) in [7, 11) is 0. The molecule has 0 fully saturated rings. The molecule has 1 aromatic carbocycles. The van der Waals surface area contributed by atoms with Crippen molar-refractivity contribution in [2.45, 2.75) is 12.5 Å². The molecule has 1 aromatic heterocycles. The molecule has 98 valence electrons. The van der Waals surface area contributed by atoms with Crippen LogP contribution in [0, 0.1) is 0 Å². The van der Waals surface area contributed by atoms with E-state index in [0.717, 1.165) is 22.4 Å². The number of rotatable bonds is 2. The highest BCUT2D eigenvalue weighted by Gasteiger charge is 2.21. The summed E-state index contributed by atoms with van der Waals surface area (Å²) in [6.45, 7) is 0. The second kappa shape index (κ2) is 4.80. The fraction of sp³-hybridized carbons (Fsp3) is 0.154. The minimum Gasteiger partial charge on any atom is -0.326 e. The largest absolute Gasteiger partial charge is 0.326 e. The van der Waals surface area contributed by atoms with Crippen LogP contribution in [-0.4, -0.2) is 5.91 Å². The number of nitrogens with one attached hydrogen (secondary N) is 1. The minimum absolute atomic E-state index is 0.0114. The zero-order valence-electron chi connectivity index (χ0n) is 9.74. The van der Waals surface area contributed by atoms with Crippen LogP contribution >= 0.6 is 34.5 Å². The van der Waals surface area contributed by atoms with E-state index in [1.54, 1.807) is 6.07 Å². The van der Waals surface area contributed by atoms with Gasteiger partial charge in [0.25, 0.3) is 0 Å². The van der Waals surface area contributed by atoms with E-state index < -0.39 is 0 Å². The molecule has 1 atom stereocenters. The third-order valence-corrected chi connectivity index (χ3v) is 4.65. The van der Waals surface area contributed by atoms with Gasteiger partial charge in [0, 0.05) is 11.3 Å². The fourth-order valence-electron chi connectivity index (χ4n) is 2.19. The maximum absolute atomic E-state index is 11.3. The number of hydrogen-bond donors (Lipinski definition) is 2. The monoisotopic (exact) mass is 312 g/mol. The van der Waals surface area contributed by atoms with E-state index in [4.69, 9.17) is 28.9 Å². The molecule has 0 spiro atoms. The van der Waals surface area contributed by atoms with Gasteiger partial charge in [-0.3, -0.25) is 4.79 Å². The molecular formula is C13H10Cl2N2OS. The molecule has 19 heavy (non-hydrogen) atoms. The van der Waals surface area contributed by atoms with Crippen LogP contribution in [0.5, 0.6) is 0 Å². The van der Waals surface area contributed by atoms with Gasteiger partial charge in [-0.1, -0.05) is 35.3 Å². The standard InChI is InChI=1S/C13H10Cl2N2OS/c14-10-5-8(13(15)19-10)12(16)6-1-2-9-7(3-6)4-11(18)17-9/h1-3,5,12H,4,16H2,(H,17,18). The lowest BCUT2D eigenvalue weighted by Gasteiger charge is -2.12.